The normalized spacial score (nSPS) is 10.8. The Morgan fingerprint density at radius 3 is 1.48 bits per heavy atom. The Balaban J connectivity index is 2.32. The van der Waals surface area contributed by atoms with Crippen LogP contribution < -0.4 is 10.6 Å². The SMILES string of the molecule is C=CCOCCOCCOCCNC(=O)c1cc(C(C)=O)cc(C(=O)NCCOCCOCCOCC(=C)C)c1. The second-order valence-electron chi connectivity index (χ2n) is 8.69. The van der Waals surface area contributed by atoms with Gasteiger partial charge in [-0.25, -0.2) is 0 Å². The number of hydrogen-bond donors (Lipinski definition) is 2. The van der Waals surface area contributed by atoms with Gasteiger partial charge in [0.1, 0.15) is 0 Å². The summed E-state index contributed by atoms with van der Waals surface area (Å²) in [5.41, 5.74) is 1.64. The van der Waals surface area contributed by atoms with E-state index in [1.807, 2.05) is 6.92 Å². The smallest absolute Gasteiger partial charge is 0.251 e. The molecule has 0 radical (unpaired) electrons. The summed E-state index contributed by atoms with van der Waals surface area (Å²) in [6.45, 7) is 16.2. The molecule has 11 nitrogen and oxygen atoms in total. The quantitative estimate of drug-likeness (QED) is 0.104. The Hall–Kier alpha value is -2.93. The van der Waals surface area contributed by atoms with Crippen molar-refractivity contribution in [2.75, 3.05) is 92.4 Å². The number of nitrogens with one attached hydrogen (secondary N) is 2. The van der Waals surface area contributed by atoms with Crippen LogP contribution in [0.15, 0.2) is 43.0 Å². The maximum Gasteiger partial charge on any atom is 0.251 e. The fourth-order valence-corrected chi connectivity index (χ4v) is 3.06. The number of amides is 2. The van der Waals surface area contributed by atoms with Crippen LogP contribution in [0.5, 0.6) is 0 Å². The second kappa shape index (κ2) is 22.8. The predicted molar refractivity (Wildman–Crippen MR) is 151 cm³/mol. The van der Waals surface area contributed by atoms with Crippen molar-refractivity contribution in [3.05, 3.63) is 59.7 Å². The first-order valence-corrected chi connectivity index (χ1v) is 13.3. The average molecular weight is 565 g/mol. The van der Waals surface area contributed by atoms with Crippen LogP contribution in [0.2, 0.25) is 0 Å². The van der Waals surface area contributed by atoms with Gasteiger partial charge in [0.2, 0.25) is 0 Å². The molecule has 11 heteroatoms. The van der Waals surface area contributed by atoms with Gasteiger partial charge >= 0.3 is 0 Å². The average Bonchev–Trinajstić information content (AvgIpc) is 2.93. The third-order valence-corrected chi connectivity index (χ3v) is 5.00. The standard InChI is InChI=1S/C29H44N2O9/c1-5-8-35-11-14-38-15-12-36-9-6-30-28(33)26-19-25(24(4)32)20-27(21-26)29(34)31-7-10-37-13-16-39-17-18-40-22-23(2)3/h5,19-21H,1-2,6-18,22H2,3-4H3,(H,30,33)(H,31,34). The molecule has 0 unspecified atom stereocenters. The van der Waals surface area contributed by atoms with E-state index in [2.05, 4.69) is 23.8 Å². The second-order valence-corrected chi connectivity index (χ2v) is 8.69. The summed E-state index contributed by atoms with van der Waals surface area (Å²) in [4.78, 5) is 37.2. The summed E-state index contributed by atoms with van der Waals surface area (Å²) in [7, 11) is 0. The third kappa shape index (κ3) is 17.6. The van der Waals surface area contributed by atoms with E-state index in [1.165, 1.54) is 25.1 Å². The highest BCUT2D eigenvalue weighted by molar-refractivity contribution is 6.04. The highest BCUT2D eigenvalue weighted by atomic mass is 16.5. The Bertz CT molecular complexity index is 921. The van der Waals surface area contributed by atoms with Crippen LogP contribution in [-0.4, -0.2) is 110 Å². The highest BCUT2D eigenvalue weighted by Crippen LogP contribution is 2.12. The Morgan fingerprint density at radius 2 is 1.05 bits per heavy atom. The molecule has 1 aromatic rings. The molecule has 0 saturated carbocycles. The maximum atomic E-state index is 12.6. The number of rotatable bonds is 25. The zero-order valence-electron chi connectivity index (χ0n) is 23.8. The van der Waals surface area contributed by atoms with E-state index in [-0.39, 0.29) is 48.8 Å². The number of benzene rings is 1. The Labute approximate surface area is 237 Å². The van der Waals surface area contributed by atoms with Crippen molar-refractivity contribution < 1.29 is 42.8 Å². The van der Waals surface area contributed by atoms with Gasteiger partial charge in [0.05, 0.1) is 79.3 Å². The van der Waals surface area contributed by atoms with Crippen molar-refractivity contribution in [2.24, 2.45) is 0 Å². The molecular weight excluding hydrogens is 520 g/mol. The third-order valence-electron chi connectivity index (χ3n) is 5.00. The molecule has 2 N–H and O–H groups in total. The lowest BCUT2D eigenvalue weighted by atomic mass is 10.0. The Morgan fingerprint density at radius 1 is 0.650 bits per heavy atom. The van der Waals surface area contributed by atoms with Crippen molar-refractivity contribution in [1.82, 2.24) is 10.6 Å². The van der Waals surface area contributed by atoms with Crippen LogP contribution in [-0.2, 0) is 28.4 Å². The summed E-state index contributed by atoms with van der Waals surface area (Å²) < 4.78 is 32.2. The van der Waals surface area contributed by atoms with Crippen LogP contribution in [0.1, 0.15) is 44.9 Å². The van der Waals surface area contributed by atoms with Crippen molar-refractivity contribution in [2.45, 2.75) is 13.8 Å². The van der Waals surface area contributed by atoms with E-state index in [1.54, 1.807) is 6.08 Å². The Kier molecular flexibility index (Phi) is 20.0. The molecule has 0 heterocycles. The topological polar surface area (TPSA) is 131 Å². The van der Waals surface area contributed by atoms with Gasteiger partial charge in [-0.15, -0.1) is 6.58 Å². The molecule has 2 amide bonds. The molecule has 0 aliphatic carbocycles. The number of carbonyl (C=O) groups is 3. The first-order chi connectivity index (χ1) is 19.3. The van der Waals surface area contributed by atoms with E-state index in [4.69, 9.17) is 28.4 Å². The van der Waals surface area contributed by atoms with Crippen LogP contribution in [0.25, 0.3) is 0 Å². The fourth-order valence-electron chi connectivity index (χ4n) is 3.06. The number of ketones is 1. The van der Waals surface area contributed by atoms with E-state index in [0.29, 0.717) is 66.1 Å². The molecular formula is C29H44N2O9. The molecule has 0 aliphatic heterocycles. The van der Waals surface area contributed by atoms with Crippen LogP contribution >= 0.6 is 0 Å². The van der Waals surface area contributed by atoms with Crippen LogP contribution in [0, 0.1) is 0 Å². The molecule has 1 rings (SSSR count). The van der Waals surface area contributed by atoms with Gasteiger partial charge in [0.15, 0.2) is 5.78 Å². The molecule has 224 valence electrons. The summed E-state index contributed by atoms with van der Waals surface area (Å²) >= 11 is 0. The van der Waals surface area contributed by atoms with E-state index in [9.17, 15) is 14.4 Å². The zero-order chi connectivity index (χ0) is 29.4. The molecule has 0 spiro atoms. The minimum atomic E-state index is -0.412. The van der Waals surface area contributed by atoms with E-state index in [0.717, 1.165) is 5.57 Å². The molecule has 0 aromatic heterocycles. The van der Waals surface area contributed by atoms with Gasteiger partial charge < -0.3 is 39.1 Å². The van der Waals surface area contributed by atoms with Gasteiger partial charge in [-0.1, -0.05) is 18.2 Å². The molecule has 0 atom stereocenters. The van der Waals surface area contributed by atoms with Crippen molar-refractivity contribution >= 4 is 17.6 Å². The summed E-state index contributed by atoms with van der Waals surface area (Å²) in [5, 5.41) is 5.46. The summed E-state index contributed by atoms with van der Waals surface area (Å²) in [5.74, 6) is -1.08. The lowest BCUT2D eigenvalue weighted by Gasteiger charge is -2.11. The van der Waals surface area contributed by atoms with Gasteiger partial charge in [0, 0.05) is 29.8 Å². The summed E-state index contributed by atoms with van der Waals surface area (Å²) in [6, 6.07) is 4.37. The van der Waals surface area contributed by atoms with Crippen molar-refractivity contribution in [1.29, 1.82) is 0 Å². The zero-order valence-corrected chi connectivity index (χ0v) is 23.8. The number of hydrogen-bond acceptors (Lipinski definition) is 9. The molecule has 1 aromatic carbocycles. The molecule has 40 heavy (non-hydrogen) atoms. The minimum Gasteiger partial charge on any atom is -0.377 e. The lowest BCUT2D eigenvalue weighted by molar-refractivity contribution is 0.0192. The monoisotopic (exact) mass is 564 g/mol. The lowest BCUT2D eigenvalue weighted by Crippen LogP contribution is -2.30. The van der Waals surface area contributed by atoms with Crippen LogP contribution in [0.3, 0.4) is 0 Å². The number of ether oxygens (including phenoxy) is 6. The van der Waals surface area contributed by atoms with Gasteiger partial charge in [-0.05, 0) is 32.0 Å². The maximum absolute atomic E-state index is 12.6. The molecule has 0 aliphatic rings. The number of carbonyl (C=O) groups excluding carboxylic acids is 3. The van der Waals surface area contributed by atoms with Gasteiger partial charge in [-0.2, -0.15) is 0 Å². The van der Waals surface area contributed by atoms with Crippen molar-refractivity contribution in [3.63, 3.8) is 0 Å². The molecule has 0 saturated heterocycles. The fraction of sp³-hybridized carbons (Fsp3) is 0.552. The first-order valence-electron chi connectivity index (χ1n) is 13.3. The highest BCUT2D eigenvalue weighted by Gasteiger charge is 2.14. The van der Waals surface area contributed by atoms with Gasteiger partial charge in [-0.3, -0.25) is 14.4 Å². The van der Waals surface area contributed by atoms with Gasteiger partial charge in [0.25, 0.3) is 11.8 Å². The minimum absolute atomic E-state index is 0.210. The van der Waals surface area contributed by atoms with E-state index >= 15 is 0 Å². The predicted octanol–water partition coefficient (Wildman–Crippen LogP) is 2.21. The largest absolute Gasteiger partial charge is 0.377 e. The molecule has 0 fully saturated rings. The number of Topliss-reactive ketones (excluding diaryl/α,β-unsaturated/α-hetero) is 1. The van der Waals surface area contributed by atoms with E-state index < -0.39 is 11.8 Å². The summed E-state index contributed by atoms with van der Waals surface area (Å²) in [6.07, 6.45) is 1.67. The van der Waals surface area contributed by atoms with Crippen LogP contribution in [0.4, 0.5) is 0 Å². The first kappa shape index (κ1) is 35.1. The molecule has 0 bridgehead atoms. The van der Waals surface area contributed by atoms with Crippen molar-refractivity contribution in [3.8, 4) is 0 Å².